The van der Waals surface area contributed by atoms with Gasteiger partial charge in [-0.05, 0) is 51.0 Å². The van der Waals surface area contributed by atoms with Gasteiger partial charge in [-0.15, -0.1) is 0 Å². The Morgan fingerprint density at radius 2 is 1.75 bits per heavy atom. The molecule has 0 saturated heterocycles. The van der Waals surface area contributed by atoms with Gasteiger partial charge in [-0.25, -0.2) is 0 Å². The third-order valence-electron chi connectivity index (χ3n) is 3.79. The van der Waals surface area contributed by atoms with Gasteiger partial charge in [-0.1, -0.05) is 35.9 Å². The van der Waals surface area contributed by atoms with Crippen LogP contribution in [0.25, 0.3) is 0 Å². The zero-order valence-electron chi connectivity index (χ0n) is 14.8. The second-order valence-corrected chi connectivity index (χ2v) is 5.82. The number of ether oxygens (including phenoxy) is 2. The van der Waals surface area contributed by atoms with Crippen LogP contribution in [0.5, 0.6) is 11.5 Å². The van der Waals surface area contributed by atoms with E-state index in [-0.39, 0.29) is 18.6 Å². The number of amides is 1. The monoisotopic (exact) mass is 327 g/mol. The van der Waals surface area contributed by atoms with Gasteiger partial charge < -0.3 is 14.8 Å². The zero-order valence-corrected chi connectivity index (χ0v) is 14.8. The van der Waals surface area contributed by atoms with Crippen LogP contribution in [0.15, 0.2) is 42.5 Å². The van der Waals surface area contributed by atoms with Crippen molar-refractivity contribution in [3.8, 4) is 11.5 Å². The molecule has 0 fully saturated rings. The molecule has 0 spiro atoms. The normalized spacial score (nSPS) is 11.7. The molecule has 1 amide bonds. The topological polar surface area (TPSA) is 47.6 Å². The Morgan fingerprint density at radius 3 is 2.42 bits per heavy atom. The minimum absolute atomic E-state index is 0.0424. The number of hydrogen-bond acceptors (Lipinski definition) is 3. The molecular formula is C20H25NO3. The van der Waals surface area contributed by atoms with E-state index in [9.17, 15) is 4.79 Å². The molecule has 0 heterocycles. The molecule has 4 heteroatoms. The van der Waals surface area contributed by atoms with Crippen molar-refractivity contribution in [3.63, 3.8) is 0 Å². The van der Waals surface area contributed by atoms with E-state index in [0.29, 0.717) is 18.1 Å². The van der Waals surface area contributed by atoms with Gasteiger partial charge in [0.2, 0.25) is 0 Å². The molecule has 1 N–H and O–H groups in total. The van der Waals surface area contributed by atoms with Crippen molar-refractivity contribution in [1.29, 1.82) is 0 Å². The number of benzene rings is 2. The van der Waals surface area contributed by atoms with Gasteiger partial charge in [-0.3, -0.25) is 4.79 Å². The largest absolute Gasteiger partial charge is 0.490 e. The van der Waals surface area contributed by atoms with Crippen molar-refractivity contribution >= 4 is 5.91 Å². The van der Waals surface area contributed by atoms with Gasteiger partial charge in [0.05, 0.1) is 12.6 Å². The van der Waals surface area contributed by atoms with E-state index < -0.39 is 0 Å². The summed E-state index contributed by atoms with van der Waals surface area (Å²) in [6.07, 6.45) is 0. The quantitative estimate of drug-likeness (QED) is 0.837. The molecule has 4 nitrogen and oxygen atoms in total. The lowest BCUT2D eigenvalue weighted by Crippen LogP contribution is -2.31. The van der Waals surface area contributed by atoms with Gasteiger partial charge >= 0.3 is 0 Å². The lowest BCUT2D eigenvalue weighted by Gasteiger charge is -2.18. The number of carbonyl (C=O) groups excluding carboxylic acids is 1. The van der Waals surface area contributed by atoms with E-state index in [0.717, 1.165) is 11.1 Å². The number of aryl methyl sites for hydroxylation is 2. The standard InChI is InChI=1S/C20H25NO3/c1-5-23-18-8-6-7-9-19(18)24-13-20(22)21-16(4)17-12-14(2)10-11-15(17)3/h6-12,16H,5,13H2,1-4H3,(H,21,22). The van der Waals surface area contributed by atoms with Crippen molar-refractivity contribution in [2.75, 3.05) is 13.2 Å². The fourth-order valence-electron chi connectivity index (χ4n) is 2.57. The smallest absolute Gasteiger partial charge is 0.258 e. The third-order valence-corrected chi connectivity index (χ3v) is 3.79. The maximum absolute atomic E-state index is 12.2. The first-order valence-electron chi connectivity index (χ1n) is 8.22. The fourth-order valence-corrected chi connectivity index (χ4v) is 2.57. The van der Waals surface area contributed by atoms with Crippen LogP contribution in [0.1, 0.15) is 36.6 Å². The highest BCUT2D eigenvalue weighted by molar-refractivity contribution is 5.78. The predicted octanol–water partition coefficient (Wildman–Crippen LogP) is 3.96. The van der Waals surface area contributed by atoms with Crippen molar-refractivity contribution in [2.24, 2.45) is 0 Å². The highest BCUT2D eigenvalue weighted by Gasteiger charge is 2.13. The lowest BCUT2D eigenvalue weighted by atomic mass is 10.00. The van der Waals surface area contributed by atoms with Crippen LogP contribution in [0.2, 0.25) is 0 Å². The summed E-state index contributed by atoms with van der Waals surface area (Å²) in [4.78, 5) is 12.2. The van der Waals surface area contributed by atoms with Crippen LogP contribution in [-0.4, -0.2) is 19.1 Å². The Labute approximate surface area is 143 Å². The van der Waals surface area contributed by atoms with Gasteiger partial charge in [-0.2, -0.15) is 0 Å². The van der Waals surface area contributed by atoms with E-state index in [2.05, 4.69) is 23.5 Å². The summed E-state index contributed by atoms with van der Waals surface area (Å²) < 4.78 is 11.1. The third kappa shape index (κ3) is 4.75. The van der Waals surface area contributed by atoms with E-state index in [1.165, 1.54) is 5.56 Å². The predicted molar refractivity (Wildman–Crippen MR) is 95.6 cm³/mol. The van der Waals surface area contributed by atoms with Crippen LogP contribution < -0.4 is 14.8 Å². The molecule has 0 radical (unpaired) electrons. The van der Waals surface area contributed by atoms with E-state index in [1.54, 1.807) is 6.07 Å². The maximum atomic E-state index is 12.2. The minimum Gasteiger partial charge on any atom is -0.490 e. The van der Waals surface area contributed by atoms with Crippen LogP contribution in [-0.2, 0) is 4.79 Å². The minimum atomic E-state index is -0.158. The van der Waals surface area contributed by atoms with Gasteiger partial charge in [0.15, 0.2) is 18.1 Å². The van der Waals surface area contributed by atoms with Crippen LogP contribution in [0.4, 0.5) is 0 Å². The second-order valence-electron chi connectivity index (χ2n) is 5.82. The summed E-state index contributed by atoms with van der Waals surface area (Å²) in [6.45, 7) is 8.50. The number of para-hydroxylation sites is 2. The van der Waals surface area contributed by atoms with Crippen molar-refractivity contribution in [2.45, 2.75) is 33.7 Å². The molecule has 24 heavy (non-hydrogen) atoms. The summed E-state index contributed by atoms with van der Waals surface area (Å²) in [5, 5.41) is 2.98. The molecule has 0 bridgehead atoms. The van der Waals surface area contributed by atoms with Gasteiger partial charge in [0, 0.05) is 0 Å². The summed E-state index contributed by atoms with van der Waals surface area (Å²) in [5.74, 6) is 1.07. The lowest BCUT2D eigenvalue weighted by molar-refractivity contribution is -0.123. The fraction of sp³-hybridized carbons (Fsp3) is 0.350. The van der Waals surface area contributed by atoms with E-state index in [4.69, 9.17) is 9.47 Å². The molecule has 2 rings (SSSR count). The molecule has 0 aliphatic rings. The Balaban J connectivity index is 1.95. The summed E-state index contributed by atoms with van der Waals surface area (Å²) in [7, 11) is 0. The number of hydrogen-bond donors (Lipinski definition) is 1. The highest BCUT2D eigenvalue weighted by Crippen LogP contribution is 2.26. The molecule has 2 aromatic rings. The summed E-state index contributed by atoms with van der Waals surface area (Å²) in [6, 6.07) is 13.5. The first-order chi connectivity index (χ1) is 11.5. The number of carbonyl (C=O) groups is 1. The first-order valence-corrected chi connectivity index (χ1v) is 8.22. The molecule has 1 unspecified atom stereocenters. The van der Waals surface area contributed by atoms with Crippen LogP contribution in [0, 0.1) is 13.8 Å². The zero-order chi connectivity index (χ0) is 17.5. The second kappa shape index (κ2) is 8.39. The number of rotatable bonds is 7. The maximum Gasteiger partial charge on any atom is 0.258 e. The SMILES string of the molecule is CCOc1ccccc1OCC(=O)NC(C)c1cc(C)ccc1C. The van der Waals surface area contributed by atoms with Crippen LogP contribution >= 0.6 is 0 Å². The first kappa shape index (κ1) is 17.9. The van der Waals surface area contributed by atoms with Crippen molar-refractivity contribution < 1.29 is 14.3 Å². The van der Waals surface area contributed by atoms with Gasteiger partial charge in [0.25, 0.3) is 5.91 Å². The van der Waals surface area contributed by atoms with E-state index in [1.807, 2.05) is 45.9 Å². The molecule has 0 aliphatic heterocycles. The Hall–Kier alpha value is -2.49. The molecule has 0 aliphatic carbocycles. The molecule has 0 saturated carbocycles. The average Bonchev–Trinajstić information content (AvgIpc) is 2.56. The molecule has 2 aromatic carbocycles. The summed E-state index contributed by atoms with van der Waals surface area (Å²) >= 11 is 0. The Bertz CT molecular complexity index is 697. The van der Waals surface area contributed by atoms with Crippen LogP contribution in [0.3, 0.4) is 0 Å². The van der Waals surface area contributed by atoms with Crippen molar-refractivity contribution in [3.05, 3.63) is 59.2 Å². The summed E-state index contributed by atoms with van der Waals surface area (Å²) in [5.41, 5.74) is 3.47. The van der Waals surface area contributed by atoms with Gasteiger partial charge in [0.1, 0.15) is 0 Å². The highest BCUT2D eigenvalue weighted by atomic mass is 16.5. The van der Waals surface area contributed by atoms with Crippen molar-refractivity contribution in [1.82, 2.24) is 5.32 Å². The average molecular weight is 327 g/mol. The molecular weight excluding hydrogens is 302 g/mol. The van der Waals surface area contributed by atoms with E-state index >= 15 is 0 Å². The molecule has 1 atom stereocenters. The number of nitrogens with one attached hydrogen (secondary N) is 1. The molecule has 0 aromatic heterocycles. The Kier molecular flexibility index (Phi) is 6.24. The molecule has 128 valence electrons. The Morgan fingerprint density at radius 1 is 1.08 bits per heavy atom.